The van der Waals surface area contributed by atoms with Crippen molar-refractivity contribution in [1.29, 1.82) is 0 Å². The lowest BCUT2D eigenvalue weighted by molar-refractivity contribution is -0.134. The molecule has 2 aromatic rings. The van der Waals surface area contributed by atoms with Crippen LogP contribution in [0, 0.1) is 0 Å². The van der Waals surface area contributed by atoms with Gasteiger partial charge in [0.05, 0.1) is 12.6 Å². The number of carbonyl (C=O) groups excluding carboxylic acids is 1. The fourth-order valence-corrected chi connectivity index (χ4v) is 2.22. The number of nitrogens with one attached hydrogen (secondary N) is 1. The highest BCUT2D eigenvalue weighted by molar-refractivity contribution is 5.72. The van der Waals surface area contributed by atoms with Crippen LogP contribution < -0.4 is 10.2 Å². The third-order valence-corrected chi connectivity index (χ3v) is 3.52. The summed E-state index contributed by atoms with van der Waals surface area (Å²) in [6, 6.07) is 17.5. The first-order valence-electron chi connectivity index (χ1n) is 7.95. The Morgan fingerprint density at radius 3 is 2.43 bits per heavy atom. The van der Waals surface area contributed by atoms with Gasteiger partial charge >= 0.3 is 5.97 Å². The van der Waals surface area contributed by atoms with Crippen LogP contribution in [0.15, 0.2) is 54.6 Å². The van der Waals surface area contributed by atoms with Crippen molar-refractivity contribution in [2.24, 2.45) is 0 Å². The summed E-state index contributed by atoms with van der Waals surface area (Å²) < 4.78 is 5.41. The minimum Gasteiger partial charge on any atom is -0.426 e. The summed E-state index contributed by atoms with van der Waals surface area (Å²) in [5.41, 5.74) is 5.09. The van der Waals surface area contributed by atoms with Crippen LogP contribution in [0.4, 0.5) is 0 Å². The highest BCUT2D eigenvalue weighted by Crippen LogP contribution is 2.27. The summed E-state index contributed by atoms with van der Waals surface area (Å²) >= 11 is 0. The molecule has 1 N–H and O–H groups in total. The molecule has 0 saturated heterocycles. The normalized spacial score (nSPS) is 11.9. The molecule has 1 unspecified atom stereocenters. The lowest BCUT2D eigenvalue weighted by atomic mass is 10.0. The van der Waals surface area contributed by atoms with Crippen molar-refractivity contribution < 1.29 is 14.4 Å². The Hall–Kier alpha value is -2.17. The maximum atomic E-state index is 11.6. The Labute approximate surface area is 137 Å². The molecule has 122 valence electrons. The Morgan fingerprint density at radius 2 is 1.74 bits per heavy atom. The number of rotatable bonds is 8. The van der Waals surface area contributed by atoms with Crippen molar-refractivity contribution in [2.45, 2.75) is 39.3 Å². The first-order chi connectivity index (χ1) is 11.2. The lowest BCUT2D eigenvalue weighted by Gasteiger charge is -2.20. The smallest absolute Gasteiger partial charge is 0.310 e. The van der Waals surface area contributed by atoms with Gasteiger partial charge in [-0.25, -0.2) is 0 Å². The van der Waals surface area contributed by atoms with Crippen LogP contribution in [0.2, 0.25) is 0 Å². The molecule has 4 heteroatoms. The molecular formula is C19H23NO3. The number of esters is 1. The predicted octanol–water partition coefficient (Wildman–Crippen LogP) is 4.17. The largest absolute Gasteiger partial charge is 0.426 e. The molecule has 2 rings (SSSR count). The number of hydrogen-bond acceptors (Lipinski definition) is 4. The average Bonchev–Trinajstić information content (AvgIpc) is 2.60. The van der Waals surface area contributed by atoms with Crippen molar-refractivity contribution >= 4 is 5.97 Å². The molecule has 0 spiro atoms. The van der Waals surface area contributed by atoms with Gasteiger partial charge in [0, 0.05) is 12.0 Å². The molecule has 0 saturated carbocycles. The quantitative estimate of drug-likeness (QED) is 0.451. The van der Waals surface area contributed by atoms with Gasteiger partial charge in [0.25, 0.3) is 0 Å². The van der Waals surface area contributed by atoms with E-state index in [9.17, 15) is 4.79 Å². The molecule has 23 heavy (non-hydrogen) atoms. The van der Waals surface area contributed by atoms with Gasteiger partial charge in [-0.05, 0) is 18.1 Å². The highest BCUT2D eigenvalue weighted by Gasteiger charge is 2.16. The molecule has 0 heterocycles. The van der Waals surface area contributed by atoms with E-state index in [2.05, 4.69) is 12.4 Å². The molecule has 0 aliphatic carbocycles. The molecule has 0 aliphatic heterocycles. The zero-order chi connectivity index (χ0) is 16.5. The van der Waals surface area contributed by atoms with Gasteiger partial charge in [-0.1, -0.05) is 62.4 Å². The molecule has 4 nitrogen and oxygen atoms in total. The average molecular weight is 313 g/mol. The van der Waals surface area contributed by atoms with E-state index in [4.69, 9.17) is 9.57 Å². The fraction of sp³-hybridized carbons (Fsp3) is 0.316. The highest BCUT2D eigenvalue weighted by atomic mass is 16.6. The minimum atomic E-state index is -0.238. The maximum absolute atomic E-state index is 11.6. The van der Waals surface area contributed by atoms with Crippen LogP contribution >= 0.6 is 0 Å². The molecule has 0 amide bonds. The van der Waals surface area contributed by atoms with Crippen molar-refractivity contribution in [1.82, 2.24) is 5.48 Å². The predicted molar refractivity (Wildman–Crippen MR) is 89.8 cm³/mol. The van der Waals surface area contributed by atoms with Gasteiger partial charge in [0.1, 0.15) is 5.75 Å². The fourth-order valence-electron chi connectivity index (χ4n) is 2.22. The van der Waals surface area contributed by atoms with E-state index in [0.29, 0.717) is 18.8 Å². The van der Waals surface area contributed by atoms with Crippen LogP contribution in [-0.2, 0) is 16.2 Å². The zero-order valence-corrected chi connectivity index (χ0v) is 13.6. The second-order valence-corrected chi connectivity index (χ2v) is 5.22. The van der Waals surface area contributed by atoms with Crippen LogP contribution in [0.25, 0.3) is 0 Å². The summed E-state index contributed by atoms with van der Waals surface area (Å²) in [4.78, 5) is 17.2. The number of hydroxylamine groups is 1. The lowest BCUT2D eigenvalue weighted by Crippen LogP contribution is -2.22. The Kier molecular flexibility index (Phi) is 6.78. The summed E-state index contributed by atoms with van der Waals surface area (Å²) in [5, 5.41) is 0. The van der Waals surface area contributed by atoms with Crippen LogP contribution in [0.5, 0.6) is 5.75 Å². The Bertz CT molecular complexity index is 613. The van der Waals surface area contributed by atoms with Crippen LogP contribution in [0.3, 0.4) is 0 Å². The molecule has 0 aliphatic rings. The van der Waals surface area contributed by atoms with Crippen LogP contribution in [-0.4, -0.2) is 5.97 Å². The SMILES string of the molecule is CCC(=O)Oc1ccccc1C(CC)NOCc1ccccc1. The Morgan fingerprint density at radius 1 is 1.04 bits per heavy atom. The number of para-hydroxylation sites is 1. The Balaban J connectivity index is 2.01. The minimum absolute atomic E-state index is 0.0421. The molecule has 0 radical (unpaired) electrons. The number of carbonyl (C=O) groups is 1. The maximum Gasteiger partial charge on any atom is 0.310 e. The molecular weight excluding hydrogens is 290 g/mol. The summed E-state index contributed by atoms with van der Waals surface area (Å²) in [7, 11) is 0. The van der Waals surface area contributed by atoms with E-state index in [-0.39, 0.29) is 12.0 Å². The molecule has 1 atom stereocenters. The van der Waals surface area contributed by atoms with E-state index >= 15 is 0 Å². The van der Waals surface area contributed by atoms with Gasteiger partial charge in [-0.3, -0.25) is 9.63 Å². The van der Waals surface area contributed by atoms with Gasteiger partial charge in [-0.15, -0.1) is 0 Å². The van der Waals surface area contributed by atoms with E-state index < -0.39 is 0 Å². The van der Waals surface area contributed by atoms with Crippen molar-refractivity contribution in [2.75, 3.05) is 0 Å². The zero-order valence-electron chi connectivity index (χ0n) is 13.6. The first kappa shape index (κ1) is 17.2. The number of hydrogen-bond donors (Lipinski definition) is 1. The number of ether oxygens (including phenoxy) is 1. The third-order valence-electron chi connectivity index (χ3n) is 3.52. The van der Waals surface area contributed by atoms with E-state index in [1.54, 1.807) is 6.92 Å². The topological polar surface area (TPSA) is 47.6 Å². The first-order valence-corrected chi connectivity index (χ1v) is 7.95. The molecule has 0 aromatic heterocycles. The second kappa shape index (κ2) is 9.08. The second-order valence-electron chi connectivity index (χ2n) is 5.22. The van der Waals surface area contributed by atoms with E-state index in [1.807, 2.05) is 54.6 Å². The standard InChI is InChI=1S/C19H23NO3/c1-3-17(20-22-14-15-10-6-5-7-11-15)16-12-8-9-13-18(16)23-19(21)4-2/h5-13,17,20H,3-4,14H2,1-2H3. The summed E-state index contributed by atoms with van der Waals surface area (Å²) in [5.74, 6) is 0.347. The van der Waals surface area contributed by atoms with Gasteiger partial charge in [0.2, 0.25) is 0 Å². The van der Waals surface area contributed by atoms with Gasteiger partial charge in [-0.2, -0.15) is 5.48 Å². The van der Waals surface area contributed by atoms with Crippen LogP contribution in [0.1, 0.15) is 43.9 Å². The monoisotopic (exact) mass is 313 g/mol. The van der Waals surface area contributed by atoms with Gasteiger partial charge < -0.3 is 4.74 Å². The molecule has 0 bridgehead atoms. The van der Waals surface area contributed by atoms with E-state index in [0.717, 1.165) is 17.5 Å². The summed E-state index contributed by atoms with van der Waals surface area (Å²) in [6.07, 6.45) is 1.17. The van der Waals surface area contributed by atoms with Crippen molar-refractivity contribution in [3.8, 4) is 5.75 Å². The van der Waals surface area contributed by atoms with Crippen molar-refractivity contribution in [3.05, 3.63) is 65.7 Å². The number of benzene rings is 2. The molecule has 2 aromatic carbocycles. The van der Waals surface area contributed by atoms with E-state index in [1.165, 1.54) is 0 Å². The third kappa shape index (κ3) is 5.20. The van der Waals surface area contributed by atoms with Crippen molar-refractivity contribution in [3.63, 3.8) is 0 Å². The summed E-state index contributed by atoms with van der Waals surface area (Å²) in [6.45, 7) is 4.32. The van der Waals surface area contributed by atoms with Gasteiger partial charge in [0.15, 0.2) is 0 Å². The molecule has 0 fully saturated rings.